The number of ether oxygens (including phenoxy) is 2. The molecule has 1 N–H and O–H groups in total. The van der Waals surface area contributed by atoms with Crippen molar-refractivity contribution in [1.29, 1.82) is 0 Å². The van der Waals surface area contributed by atoms with Crippen LogP contribution in [0.4, 0.5) is 0 Å². The van der Waals surface area contributed by atoms with Crippen molar-refractivity contribution < 1.29 is 19.4 Å². The van der Waals surface area contributed by atoms with E-state index in [-0.39, 0.29) is 6.42 Å². The van der Waals surface area contributed by atoms with Gasteiger partial charge >= 0.3 is 5.97 Å². The Kier molecular flexibility index (Phi) is 5.39. The molecule has 25 heavy (non-hydrogen) atoms. The Labute approximate surface area is 145 Å². The third-order valence-corrected chi connectivity index (χ3v) is 3.45. The molecule has 1 atom stereocenters. The fourth-order valence-electron chi connectivity index (χ4n) is 2.21. The number of aliphatic hydroxyl groups is 1. The van der Waals surface area contributed by atoms with Gasteiger partial charge in [0.1, 0.15) is 17.2 Å². The molecule has 0 aliphatic rings. The van der Waals surface area contributed by atoms with Crippen molar-refractivity contribution in [3.63, 3.8) is 0 Å². The summed E-state index contributed by atoms with van der Waals surface area (Å²) in [5.41, 5.74) is 0.763. The van der Waals surface area contributed by atoms with Crippen LogP contribution >= 0.6 is 0 Å². The minimum Gasteiger partial charge on any atom is -0.457 e. The summed E-state index contributed by atoms with van der Waals surface area (Å²) in [6.45, 7) is 0. The van der Waals surface area contributed by atoms with Crippen molar-refractivity contribution in [2.75, 3.05) is 0 Å². The van der Waals surface area contributed by atoms with Crippen molar-refractivity contribution in [3.8, 4) is 17.2 Å². The maximum atomic E-state index is 12.0. The minimum absolute atomic E-state index is 0.155. The second-order valence-corrected chi connectivity index (χ2v) is 5.39. The molecule has 5 nitrogen and oxygen atoms in total. The molecule has 1 aromatic heterocycles. The van der Waals surface area contributed by atoms with E-state index in [1.807, 2.05) is 30.3 Å². The summed E-state index contributed by atoms with van der Waals surface area (Å²) in [6.07, 6.45) is 2.14. The van der Waals surface area contributed by atoms with Crippen molar-refractivity contribution >= 4 is 5.97 Å². The van der Waals surface area contributed by atoms with Gasteiger partial charge in [0, 0.05) is 18.8 Å². The number of para-hydroxylation sites is 1. The Morgan fingerprint density at radius 3 is 2.28 bits per heavy atom. The van der Waals surface area contributed by atoms with E-state index in [2.05, 4.69) is 4.98 Å². The highest BCUT2D eigenvalue weighted by Crippen LogP contribution is 2.23. The topological polar surface area (TPSA) is 68.7 Å². The number of aliphatic hydroxyl groups excluding tert-OH is 1. The lowest BCUT2D eigenvalue weighted by Crippen LogP contribution is -2.27. The van der Waals surface area contributed by atoms with Crippen molar-refractivity contribution in [2.45, 2.75) is 12.5 Å². The number of rotatable bonds is 6. The number of benzene rings is 2. The first-order valence-corrected chi connectivity index (χ1v) is 7.82. The molecule has 1 unspecified atom stereocenters. The second-order valence-electron chi connectivity index (χ2n) is 5.39. The third kappa shape index (κ3) is 4.89. The quantitative estimate of drug-likeness (QED) is 0.552. The van der Waals surface area contributed by atoms with E-state index in [1.54, 1.807) is 48.8 Å². The van der Waals surface area contributed by atoms with Crippen LogP contribution < -0.4 is 9.47 Å². The Hall–Kier alpha value is -3.18. The van der Waals surface area contributed by atoms with Gasteiger partial charge in [0.05, 0.1) is 0 Å². The molecule has 5 heteroatoms. The molecule has 1 heterocycles. The van der Waals surface area contributed by atoms with E-state index >= 15 is 0 Å². The zero-order valence-corrected chi connectivity index (χ0v) is 13.4. The molecule has 0 bridgehead atoms. The smallest absolute Gasteiger partial charge is 0.340 e. The molecule has 0 aliphatic heterocycles. The Morgan fingerprint density at radius 1 is 0.920 bits per heavy atom. The zero-order valence-electron chi connectivity index (χ0n) is 13.4. The van der Waals surface area contributed by atoms with Crippen LogP contribution in [-0.2, 0) is 11.2 Å². The third-order valence-electron chi connectivity index (χ3n) is 3.45. The first-order valence-electron chi connectivity index (χ1n) is 7.82. The first kappa shape index (κ1) is 16.7. The minimum atomic E-state index is -1.25. The van der Waals surface area contributed by atoms with E-state index < -0.39 is 12.1 Å². The molecular weight excluding hydrogens is 318 g/mol. The highest BCUT2D eigenvalue weighted by Gasteiger charge is 2.18. The van der Waals surface area contributed by atoms with Gasteiger partial charge < -0.3 is 14.6 Å². The fourth-order valence-corrected chi connectivity index (χ4v) is 2.21. The van der Waals surface area contributed by atoms with Crippen molar-refractivity contribution in [2.24, 2.45) is 0 Å². The van der Waals surface area contributed by atoms with Gasteiger partial charge in [-0.25, -0.2) is 4.79 Å². The summed E-state index contributed by atoms with van der Waals surface area (Å²) in [5.74, 6) is 0.984. The van der Waals surface area contributed by atoms with Crippen LogP contribution in [0.3, 0.4) is 0 Å². The lowest BCUT2D eigenvalue weighted by Gasteiger charge is -2.11. The summed E-state index contributed by atoms with van der Waals surface area (Å²) in [7, 11) is 0. The molecule has 3 aromatic rings. The first-order chi connectivity index (χ1) is 12.2. The van der Waals surface area contributed by atoms with Crippen LogP contribution in [-0.4, -0.2) is 22.2 Å². The van der Waals surface area contributed by atoms with Gasteiger partial charge in [0.25, 0.3) is 0 Å². The molecule has 3 rings (SSSR count). The van der Waals surface area contributed by atoms with Gasteiger partial charge in [-0.3, -0.25) is 4.98 Å². The van der Waals surface area contributed by atoms with Gasteiger partial charge in [0.15, 0.2) is 6.10 Å². The summed E-state index contributed by atoms with van der Waals surface area (Å²) in [6, 6.07) is 19.5. The Bertz CT molecular complexity index is 804. The molecule has 0 spiro atoms. The average molecular weight is 335 g/mol. The number of esters is 1. The SMILES string of the molecule is O=C(Oc1ccc(Oc2ccccc2)cc1)C(O)Cc1cccnc1. The van der Waals surface area contributed by atoms with E-state index in [1.165, 1.54) is 0 Å². The summed E-state index contributed by atoms with van der Waals surface area (Å²) in [5, 5.41) is 9.95. The Morgan fingerprint density at radius 2 is 1.60 bits per heavy atom. The van der Waals surface area contributed by atoms with Gasteiger partial charge in [0.2, 0.25) is 0 Å². The second kappa shape index (κ2) is 8.08. The standard InChI is InChI=1S/C20H17NO4/c22-19(13-15-5-4-12-21-14-15)20(23)25-18-10-8-17(9-11-18)24-16-6-2-1-3-7-16/h1-12,14,19,22H,13H2. The molecule has 0 fully saturated rings. The maximum Gasteiger partial charge on any atom is 0.340 e. The normalized spacial score (nSPS) is 11.6. The summed E-state index contributed by atoms with van der Waals surface area (Å²) >= 11 is 0. The lowest BCUT2D eigenvalue weighted by atomic mass is 10.1. The van der Waals surface area contributed by atoms with E-state index in [0.717, 1.165) is 11.3 Å². The molecule has 126 valence electrons. The molecule has 0 saturated carbocycles. The predicted octanol–water partition coefficient (Wildman–Crippen LogP) is 3.38. The highest BCUT2D eigenvalue weighted by molar-refractivity contribution is 5.77. The monoisotopic (exact) mass is 335 g/mol. The molecule has 2 aromatic carbocycles. The van der Waals surface area contributed by atoms with Crippen LogP contribution in [0.5, 0.6) is 17.2 Å². The number of pyridine rings is 1. The van der Waals surface area contributed by atoms with Crippen LogP contribution in [0.1, 0.15) is 5.56 Å². The van der Waals surface area contributed by atoms with Crippen LogP contribution in [0.15, 0.2) is 79.1 Å². The molecular formula is C20H17NO4. The zero-order chi connectivity index (χ0) is 17.5. The molecule has 0 amide bonds. The number of hydrogen-bond acceptors (Lipinski definition) is 5. The van der Waals surface area contributed by atoms with Crippen LogP contribution in [0, 0.1) is 0 Å². The lowest BCUT2D eigenvalue weighted by molar-refractivity contribution is -0.143. The number of carbonyl (C=O) groups excluding carboxylic acids is 1. The molecule has 0 saturated heterocycles. The van der Waals surface area contributed by atoms with Crippen molar-refractivity contribution in [1.82, 2.24) is 4.98 Å². The van der Waals surface area contributed by atoms with Crippen LogP contribution in [0.2, 0.25) is 0 Å². The number of aromatic nitrogens is 1. The Balaban J connectivity index is 1.56. The van der Waals surface area contributed by atoms with Gasteiger partial charge in [-0.15, -0.1) is 0 Å². The largest absolute Gasteiger partial charge is 0.457 e. The van der Waals surface area contributed by atoms with E-state index in [9.17, 15) is 9.90 Å². The van der Waals surface area contributed by atoms with Crippen molar-refractivity contribution in [3.05, 3.63) is 84.7 Å². The van der Waals surface area contributed by atoms with Crippen LogP contribution in [0.25, 0.3) is 0 Å². The summed E-state index contributed by atoms with van der Waals surface area (Å²) in [4.78, 5) is 15.9. The number of carbonyl (C=O) groups is 1. The number of nitrogens with zero attached hydrogens (tertiary/aromatic N) is 1. The number of hydrogen-bond donors (Lipinski definition) is 1. The van der Waals surface area contributed by atoms with Gasteiger partial charge in [-0.05, 0) is 48.0 Å². The van der Waals surface area contributed by atoms with Gasteiger partial charge in [-0.1, -0.05) is 24.3 Å². The summed E-state index contributed by atoms with van der Waals surface area (Å²) < 4.78 is 10.9. The predicted molar refractivity (Wildman–Crippen MR) is 92.5 cm³/mol. The maximum absolute atomic E-state index is 12.0. The highest BCUT2D eigenvalue weighted by atomic mass is 16.5. The molecule has 0 radical (unpaired) electrons. The van der Waals surface area contributed by atoms with E-state index in [0.29, 0.717) is 11.5 Å². The average Bonchev–Trinajstić information content (AvgIpc) is 2.65. The molecule has 0 aliphatic carbocycles. The van der Waals surface area contributed by atoms with E-state index in [4.69, 9.17) is 9.47 Å². The van der Waals surface area contributed by atoms with Gasteiger partial charge in [-0.2, -0.15) is 0 Å². The fraction of sp³-hybridized carbons (Fsp3) is 0.100.